The second kappa shape index (κ2) is 4.70. The predicted octanol–water partition coefficient (Wildman–Crippen LogP) is 2.57. The van der Waals surface area contributed by atoms with E-state index >= 15 is 0 Å². The van der Waals surface area contributed by atoms with Gasteiger partial charge in [0.15, 0.2) is 0 Å². The van der Waals surface area contributed by atoms with Crippen LogP contribution in [0.5, 0.6) is 0 Å². The number of amides is 1. The van der Waals surface area contributed by atoms with Gasteiger partial charge >= 0.3 is 0 Å². The van der Waals surface area contributed by atoms with E-state index in [4.69, 9.17) is 20.8 Å². The van der Waals surface area contributed by atoms with E-state index in [1.807, 2.05) is 6.92 Å². The molecule has 94 valence electrons. The number of carbonyl (C=O) groups is 1. The van der Waals surface area contributed by atoms with Gasteiger partial charge in [0.2, 0.25) is 5.22 Å². The molecule has 17 heavy (non-hydrogen) atoms. The van der Waals surface area contributed by atoms with Crippen LogP contribution in [0.1, 0.15) is 30.1 Å². The Morgan fingerprint density at radius 3 is 3.00 bits per heavy atom. The Bertz CT molecular complexity index is 418. The lowest BCUT2D eigenvalue weighted by atomic mass is 9.94. The first-order valence-electron chi connectivity index (χ1n) is 5.63. The zero-order valence-corrected chi connectivity index (χ0v) is 10.8. The van der Waals surface area contributed by atoms with Gasteiger partial charge < -0.3 is 14.1 Å². The number of hydrogen-bond acceptors (Lipinski definition) is 3. The molecule has 0 spiro atoms. The van der Waals surface area contributed by atoms with E-state index in [0.717, 1.165) is 19.4 Å². The lowest BCUT2D eigenvalue weighted by Gasteiger charge is -2.39. The standard InChI is InChI=1S/C12H16ClNO3/c1-12(16-2)5-3-6-14(8-12)11(15)9-4-7-17-10(9)13/h4,7H,3,5-6,8H2,1-2H3. The number of nitrogens with zero attached hydrogens (tertiary/aromatic N) is 1. The molecule has 0 aliphatic carbocycles. The maximum absolute atomic E-state index is 12.2. The molecule has 1 unspecified atom stereocenters. The molecule has 2 heterocycles. The van der Waals surface area contributed by atoms with Crippen molar-refractivity contribution < 1.29 is 13.9 Å². The summed E-state index contributed by atoms with van der Waals surface area (Å²) in [5.74, 6) is -0.0910. The van der Waals surface area contributed by atoms with Crippen molar-refractivity contribution >= 4 is 17.5 Å². The van der Waals surface area contributed by atoms with E-state index < -0.39 is 0 Å². The molecule has 1 aromatic rings. The molecule has 4 nitrogen and oxygen atoms in total. The molecular weight excluding hydrogens is 242 g/mol. The van der Waals surface area contributed by atoms with E-state index in [0.29, 0.717) is 12.1 Å². The second-order valence-corrected chi connectivity index (χ2v) is 4.94. The molecular formula is C12H16ClNO3. The van der Waals surface area contributed by atoms with E-state index in [1.54, 1.807) is 18.1 Å². The third kappa shape index (κ3) is 2.48. The normalized spacial score (nSPS) is 25.0. The molecule has 0 bridgehead atoms. The molecule has 0 saturated carbocycles. The Labute approximate surface area is 105 Å². The average molecular weight is 258 g/mol. The fourth-order valence-corrected chi connectivity index (χ4v) is 2.36. The van der Waals surface area contributed by atoms with Gasteiger partial charge in [-0.05, 0) is 37.4 Å². The Morgan fingerprint density at radius 1 is 1.65 bits per heavy atom. The maximum atomic E-state index is 12.2. The first kappa shape index (κ1) is 12.5. The molecule has 1 aliphatic heterocycles. The predicted molar refractivity (Wildman–Crippen MR) is 64.3 cm³/mol. The molecule has 1 atom stereocenters. The highest BCUT2D eigenvalue weighted by Crippen LogP contribution is 2.26. The fraction of sp³-hybridized carbons (Fsp3) is 0.583. The quantitative estimate of drug-likeness (QED) is 0.818. The van der Waals surface area contributed by atoms with Gasteiger partial charge in [-0.15, -0.1) is 0 Å². The average Bonchev–Trinajstić information content (AvgIpc) is 2.75. The highest BCUT2D eigenvalue weighted by Gasteiger charge is 2.34. The van der Waals surface area contributed by atoms with Gasteiger partial charge in [0.05, 0.1) is 17.4 Å². The number of carbonyl (C=O) groups excluding carboxylic acids is 1. The van der Waals surface area contributed by atoms with E-state index in [9.17, 15) is 4.79 Å². The summed E-state index contributed by atoms with van der Waals surface area (Å²) >= 11 is 5.81. The Kier molecular flexibility index (Phi) is 3.45. The summed E-state index contributed by atoms with van der Waals surface area (Å²) in [6, 6.07) is 1.60. The van der Waals surface area contributed by atoms with Gasteiger partial charge in [-0.3, -0.25) is 4.79 Å². The first-order valence-corrected chi connectivity index (χ1v) is 6.01. The van der Waals surface area contributed by atoms with E-state index in [2.05, 4.69) is 0 Å². The van der Waals surface area contributed by atoms with Crippen LogP contribution in [0.2, 0.25) is 5.22 Å². The van der Waals surface area contributed by atoms with Crippen LogP contribution >= 0.6 is 11.6 Å². The molecule has 5 heteroatoms. The molecule has 1 amide bonds. The van der Waals surface area contributed by atoms with Gasteiger partial charge in [-0.2, -0.15) is 0 Å². The Balaban J connectivity index is 2.13. The van der Waals surface area contributed by atoms with Gasteiger partial charge in [0.1, 0.15) is 0 Å². The summed E-state index contributed by atoms with van der Waals surface area (Å²) in [5, 5.41) is 0.152. The van der Waals surface area contributed by atoms with Crippen molar-refractivity contribution in [2.75, 3.05) is 20.2 Å². The number of rotatable bonds is 2. The van der Waals surface area contributed by atoms with Crippen LogP contribution in [-0.4, -0.2) is 36.6 Å². The van der Waals surface area contributed by atoms with Crippen molar-refractivity contribution in [3.63, 3.8) is 0 Å². The molecule has 1 aromatic heterocycles. The lowest BCUT2D eigenvalue weighted by Crippen LogP contribution is -2.49. The minimum atomic E-state index is -0.260. The van der Waals surface area contributed by atoms with Gasteiger partial charge in [-0.1, -0.05) is 0 Å². The highest BCUT2D eigenvalue weighted by molar-refractivity contribution is 6.32. The summed E-state index contributed by atoms with van der Waals surface area (Å²) in [5.41, 5.74) is 0.163. The van der Waals surface area contributed by atoms with Crippen LogP contribution in [0, 0.1) is 0 Å². The number of ether oxygens (including phenoxy) is 1. The third-order valence-electron chi connectivity index (χ3n) is 3.29. The van der Waals surface area contributed by atoms with Crippen molar-refractivity contribution in [2.24, 2.45) is 0 Å². The molecule has 1 fully saturated rings. The number of furan rings is 1. The van der Waals surface area contributed by atoms with Gasteiger partial charge in [-0.25, -0.2) is 0 Å². The smallest absolute Gasteiger partial charge is 0.258 e. The number of hydrogen-bond donors (Lipinski definition) is 0. The SMILES string of the molecule is COC1(C)CCCN(C(=O)c2ccoc2Cl)C1. The summed E-state index contributed by atoms with van der Waals surface area (Å²) < 4.78 is 10.4. The zero-order chi connectivity index (χ0) is 12.5. The summed E-state index contributed by atoms with van der Waals surface area (Å²) in [6.07, 6.45) is 3.33. The molecule has 0 N–H and O–H groups in total. The monoisotopic (exact) mass is 257 g/mol. The third-order valence-corrected chi connectivity index (χ3v) is 3.58. The minimum Gasteiger partial charge on any atom is -0.452 e. The van der Waals surface area contributed by atoms with Crippen LogP contribution in [0.25, 0.3) is 0 Å². The fourth-order valence-electron chi connectivity index (χ4n) is 2.16. The minimum absolute atomic E-state index is 0.0910. The van der Waals surface area contributed by atoms with Crippen molar-refractivity contribution in [3.05, 3.63) is 23.1 Å². The summed E-state index contributed by atoms with van der Waals surface area (Å²) in [6.45, 7) is 3.34. The molecule has 2 rings (SSSR count). The Hall–Kier alpha value is -1.00. The van der Waals surface area contributed by atoms with Crippen LogP contribution in [0.4, 0.5) is 0 Å². The van der Waals surface area contributed by atoms with Gasteiger partial charge in [0, 0.05) is 20.2 Å². The van der Waals surface area contributed by atoms with Crippen LogP contribution in [0.15, 0.2) is 16.7 Å². The number of piperidine rings is 1. The van der Waals surface area contributed by atoms with Crippen molar-refractivity contribution in [1.29, 1.82) is 0 Å². The number of halogens is 1. The lowest BCUT2D eigenvalue weighted by molar-refractivity contribution is -0.0440. The van der Waals surface area contributed by atoms with Gasteiger partial charge in [0.25, 0.3) is 5.91 Å². The van der Waals surface area contributed by atoms with Crippen LogP contribution in [-0.2, 0) is 4.74 Å². The van der Waals surface area contributed by atoms with E-state index in [1.165, 1.54) is 6.26 Å². The van der Waals surface area contributed by atoms with Crippen LogP contribution in [0.3, 0.4) is 0 Å². The number of likely N-dealkylation sites (tertiary alicyclic amines) is 1. The Morgan fingerprint density at radius 2 is 2.41 bits per heavy atom. The second-order valence-electron chi connectivity index (χ2n) is 4.59. The topological polar surface area (TPSA) is 42.7 Å². The van der Waals surface area contributed by atoms with Crippen molar-refractivity contribution in [2.45, 2.75) is 25.4 Å². The molecule has 1 saturated heterocycles. The molecule has 1 aliphatic rings. The first-order chi connectivity index (χ1) is 8.06. The van der Waals surface area contributed by atoms with E-state index in [-0.39, 0.29) is 16.7 Å². The molecule has 0 aromatic carbocycles. The zero-order valence-electron chi connectivity index (χ0n) is 10.0. The van der Waals surface area contributed by atoms with Crippen molar-refractivity contribution in [3.8, 4) is 0 Å². The maximum Gasteiger partial charge on any atom is 0.258 e. The van der Waals surface area contributed by atoms with Crippen LogP contribution < -0.4 is 0 Å². The largest absolute Gasteiger partial charge is 0.452 e. The summed E-state index contributed by atoms with van der Waals surface area (Å²) in [4.78, 5) is 14.0. The summed E-state index contributed by atoms with van der Waals surface area (Å²) in [7, 11) is 1.68. The van der Waals surface area contributed by atoms with Crippen molar-refractivity contribution in [1.82, 2.24) is 4.90 Å². The number of methoxy groups -OCH3 is 1. The molecule has 0 radical (unpaired) electrons. The highest BCUT2D eigenvalue weighted by atomic mass is 35.5.